The fourth-order valence-corrected chi connectivity index (χ4v) is 2.01. The fraction of sp³-hybridized carbons (Fsp3) is 0.462. The van der Waals surface area contributed by atoms with Gasteiger partial charge in [-0.25, -0.2) is 4.79 Å². The highest BCUT2D eigenvalue weighted by Crippen LogP contribution is 2.23. The summed E-state index contributed by atoms with van der Waals surface area (Å²) >= 11 is 0. The van der Waals surface area contributed by atoms with Crippen LogP contribution in [0.3, 0.4) is 0 Å². The van der Waals surface area contributed by atoms with E-state index in [4.69, 9.17) is 5.73 Å². The Morgan fingerprint density at radius 3 is 2.88 bits per heavy atom. The molecule has 1 aromatic rings. The fourth-order valence-electron chi connectivity index (χ4n) is 2.01. The van der Waals surface area contributed by atoms with Gasteiger partial charge < -0.3 is 11.1 Å². The second-order valence-electron chi connectivity index (χ2n) is 5.09. The van der Waals surface area contributed by atoms with Crippen molar-refractivity contribution >= 4 is 11.7 Å². The maximum atomic E-state index is 12.0. The number of nitrogens with zero attached hydrogens (tertiary/aromatic N) is 1. The van der Waals surface area contributed by atoms with Crippen molar-refractivity contribution in [2.24, 2.45) is 5.73 Å². The van der Waals surface area contributed by atoms with Crippen molar-refractivity contribution in [1.29, 1.82) is 0 Å². The van der Waals surface area contributed by atoms with Gasteiger partial charge in [0.15, 0.2) is 0 Å². The molecule has 1 saturated heterocycles. The molecule has 0 bridgehead atoms. The van der Waals surface area contributed by atoms with Gasteiger partial charge in [0.05, 0.1) is 0 Å². The van der Waals surface area contributed by atoms with Crippen LogP contribution in [0.5, 0.6) is 0 Å². The summed E-state index contributed by atoms with van der Waals surface area (Å²) in [5.41, 5.74) is 7.45. The normalized spacial score (nSPS) is 19.0. The average molecular weight is 233 g/mol. The minimum absolute atomic E-state index is 0.0320. The summed E-state index contributed by atoms with van der Waals surface area (Å²) in [7, 11) is 0. The summed E-state index contributed by atoms with van der Waals surface area (Å²) in [6.07, 6.45) is 0.936. The lowest BCUT2D eigenvalue weighted by Gasteiger charge is -2.38. The highest BCUT2D eigenvalue weighted by Gasteiger charge is 2.30. The number of carbonyl (C=O) groups excluding carboxylic acids is 1. The monoisotopic (exact) mass is 233 g/mol. The quantitative estimate of drug-likeness (QED) is 0.819. The van der Waals surface area contributed by atoms with Crippen molar-refractivity contribution in [2.45, 2.75) is 32.4 Å². The van der Waals surface area contributed by atoms with Crippen LogP contribution in [-0.2, 0) is 6.54 Å². The van der Waals surface area contributed by atoms with E-state index >= 15 is 0 Å². The molecule has 0 unspecified atom stereocenters. The highest BCUT2D eigenvalue weighted by molar-refractivity contribution is 5.93. The van der Waals surface area contributed by atoms with Crippen LogP contribution >= 0.6 is 0 Å². The van der Waals surface area contributed by atoms with Crippen molar-refractivity contribution < 1.29 is 4.79 Å². The van der Waals surface area contributed by atoms with Crippen LogP contribution in [0.1, 0.15) is 25.8 Å². The van der Waals surface area contributed by atoms with Gasteiger partial charge in [-0.15, -0.1) is 0 Å². The van der Waals surface area contributed by atoms with Gasteiger partial charge in [-0.05, 0) is 38.0 Å². The van der Waals surface area contributed by atoms with Crippen LogP contribution in [0.4, 0.5) is 10.5 Å². The third-order valence-electron chi connectivity index (χ3n) is 3.11. The molecular weight excluding hydrogens is 214 g/mol. The van der Waals surface area contributed by atoms with Crippen LogP contribution in [0, 0.1) is 0 Å². The Morgan fingerprint density at radius 2 is 2.24 bits per heavy atom. The topological polar surface area (TPSA) is 58.4 Å². The molecule has 1 aliphatic heterocycles. The molecule has 0 saturated carbocycles. The number of amides is 2. The van der Waals surface area contributed by atoms with E-state index in [1.807, 2.05) is 38.1 Å². The molecule has 0 aliphatic carbocycles. The molecule has 0 aromatic heterocycles. The molecule has 92 valence electrons. The van der Waals surface area contributed by atoms with Crippen molar-refractivity contribution in [3.8, 4) is 0 Å². The Bertz CT molecular complexity index is 428. The van der Waals surface area contributed by atoms with E-state index in [1.165, 1.54) is 0 Å². The predicted molar refractivity (Wildman–Crippen MR) is 68.9 cm³/mol. The first kappa shape index (κ1) is 11.9. The van der Waals surface area contributed by atoms with E-state index in [1.54, 1.807) is 4.90 Å². The summed E-state index contributed by atoms with van der Waals surface area (Å²) in [6, 6.07) is 7.78. The summed E-state index contributed by atoms with van der Waals surface area (Å²) in [5, 5.41) is 3.00. The zero-order chi connectivity index (χ0) is 12.5. The standard InChI is InChI=1S/C13H19N3O/c1-13(2)6-7-16(12(17)15-13)11-5-3-4-10(8-11)9-14/h3-5,8H,6-7,9,14H2,1-2H3,(H,15,17). The minimum Gasteiger partial charge on any atom is -0.333 e. The third-order valence-corrected chi connectivity index (χ3v) is 3.11. The zero-order valence-electron chi connectivity index (χ0n) is 10.4. The summed E-state index contributed by atoms with van der Waals surface area (Å²) in [6.45, 7) is 5.32. The van der Waals surface area contributed by atoms with E-state index in [9.17, 15) is 4.79 Å². The second-order valence-corrected chi connectivity index (χ2v) is 5.09. The highest BCUT2D eigenvalue weighted by atomic mass is 16.2. The number of carbonyl (C=O) groups is 1. The molecule has 0 radical (unpaired) electrons. The molecule has 0 atom stereocenters. The number of nitrogens with two attached hydrogens (primary N) is 1. The first-order valence-corrected chi connectivity index (χ1v) is 5.90. The van der Waals surface area contributed by atoms with Crippen molar-refractivity contribution in [2.75, 3.05) is 11.4 Å². The van der Waals surface area contributed by atoms with Gasteiger partial charge in [-0.1, -0.05) is 12.1 Å². The number of urea groups is 1. The first-order chi connectivity index (χ1) is 8.02. The molecule has 2 rings (SSSR count). The number of hydrogen-bond donors (Lipinski definition) is 2. The van der Waals surface area contributed by atoms with Gasteiger partial charge in [-0.2, -0.15) is 0 Å². The second kappa shape index (κ2) is 4.37. The Balaban J connectivity index is 2.20. The number of nitrogens with one attached hydrogen (secondary N) is 1. The van der Waals surface area contributed by atoms with E-state index in [0.717, 1.165) is 24.2 Å². The predicted octanol–water partition coefficient (Wildman–Crippen LogP) is 1.84. The number of anilines is 1. The lowest BCUT2D eigenvalue weighted by molar-refractivity contribution is 0.224. The average Bonchev–Trinajstić information content (AvgIpc) is 2.28. The smallest absolute Gasteiger partial charge is 0.322 e. The molecular formula is C13H19N3O. The van der Waals surface area contributed by atoms with Gasteiger partial charge in [0.2, 0.25) is 0 Å². The van der Waals surface area contributed by atoms with E-state index in [0.29, 0.717) is 6.54 Å². The number of rotatable bonds is 2. The maximum absolute atomic E-state index is 12.0. The molecule has 4 nitrogen and oxygen atoms in total. The molecule has 17 heavy (non-hydrogen) atoms. The van der Waals surface area contributed by atoms with Crippen LogP contribution in [0.2, 0.25) is 0 Å². The number of benzene rings is 1. The van der Waals surface area contributed by atoms with Crippen molar-refractivity contribution in [3.05, 3.63) is 29.8 Å². The Kier molecular flexibility index (Phi) is 3.07. The lowest BCUT2D eigenvalue weighted by Crippen LogP contribution is -2.57. The molecule has 1 aliphatic rings. The van der Waals surface area contributed by atoms with Crippen molar-refractivity contribution in [3.63, 3.8) is 0 Å². The molecule has 3 N–H and O–H groups in total. The summed E-state index contributed by atoms with van der Waals surface area (Å²) in [4.78, 5) is 13.8. The maximum Gasteiger partial charge on any atom is 0.322 e. The Labute approximate surface area is 102 Å². The molecule has 2 amide bonds. The van der Waals surface area contributed by atoms with Crippen molar-refractivity contribution in [1.82, 2.24) is 5.32 Å². The molecule has 1 aromatic carbocycles. The molecule has 1 heterocycles. The van der Waals surface area contributed by atoms with Crippen LogP contribution < -0.4 is 16.0 Å². The number of hydrogen-bond acceptors (Lipinski definition) is 2. The van der Waals surface area contributed by atoms with E-state index in [-0.39, 0.29) is 11.6 Å². The molecule has 0 spiro atoms. The Hall–Kier alpha value is -1.55. The van der Waals surface area contributed by atoms with Gasteiger partial charge in [0.1, 0.15) is 0 Å². The first-order valence-electron chi connectivity index (χ1n) is 5.90. The van der Waals surface area contributed by atoms with Gasteiger partial charge in [0, 0.05) is 24.3 Å². The zero-order valence-corrected chi connectivity index (χ0v) is 10.4. The van der Waals surface area contributed by atoms with E-state index in [2.05, 4.69) is 5.32 Å². The molecule has 1 fully saturated rings. The van der Waals surface area contributed by atoms with Gasteiger partial charge >= 0.3 is 6.03 Å². The van der Waals surface area contributed by atoms with Crippen LogP contribution in [0.25, 0.3) is 0 Å². The van der Waals surface area contributed by atoms with Crippen LogP contribution in [-0.4, -0.2) is 18.1 Å². The van der Waals surface area contributed by atoms with Crippen LogP contribution in [0.15, 0.2) is 24.3 Å². The Morgan fingerprint density at radius 1 is 1.47 bits per heavy atom. The largest absolute Gasteiger partial charge is 0.333 e. The lowest BCUT2D eigenvalue weighted by atomic mass is 9.98. The van der Waals surface area contributed by atoms with E-state index < -0.39 is 0 Å². The summed E-state index contributed by atoms with van der Waals surface area (Å²) < 4.78 is 0. The molecule has 4 heteroatoms. The van der Waals surface area contributed by atoms with Gasteiger partial charge in [-0.3, -0.25) is 4.90 Å². The van der Waals surface area contributed by atoms with Gasteiger partial charge in [0.25, 0.3) is 0 Å². The SMILES string of the molecule is CC1(C)CCN(c2cccc(CN)c2)C(=O)N1. The third kappa shape index (κ3) is 2.58. The minimum atomic E-state index is -0.112. The summed E-state index contributed by atoms with van der Waals surface area (Å²) in [5.74, 6) is 0.